The Balaban J connectivity index is 2.05. The number of aliphatic hydroxyl groups is 1. The maximum Gasteiger partial charge on any atom is 0.227 e. The molecule has 0 spiro atoms. The van der Waals surface area contributed by atoms with E-state index in [9.17, 15) is 9.90 Å². The molecule has 1 heterocycles. The van der Waals surface area contributed by atoms with Gasteiger partial charge < -0.3 is 14.7 Å². The SMILES string of the molecule is CO[C@H]1C[C@@H](CO)N(C(=O)Cc2ccc(C)c(Br)c2)C1. The molecule has 0 saturated carbocycles. The lowest BCUT2D eigenvalue weighted by molar-refractivity contribution is -0.132. The summed E-state index contributed by atoms with van der Waals surface area (Å²) in [6.45, 7) is 2.57. The molecule has 0 unspecified atom stereocenters. The Morgan fingerprint density at radius 2 is 2.30 bits per heavy atom. The number of rotatable bonds is 4. The van der Waals surface area contributed by atoms with E-state index in [-0.39, 0.29) is 24.7 Å². The van der Waals surface area contributed by atoms with E-state index in [2.05, 4.69) is 15.9 Å². The van der Waals surface area contributed by atoms with Crippen LogP contribution in [0.3, 0.4) is 0 Å². The number of benzene rings is 1. The second-order valence-electron chi connectivity index (χ2n) is 5.24. The summed E-state index contributed by atoms with van der Waals surface area (Å²) in [4.78, 5) is 14.1. The Labute approximate surface area is 127 Å². The molecule has 0 aliphatic carbocycles. The third kappa shape index (κ3) is 3.40. The minimum atomic E-state index is -0.124. The monoisotopic (exact) mass is 341 g/mol. The predicted molar refractivity (Wildman–Crippen MR) is 80.6 cm³/mol. The first-order chi connectivity index (χ1) is 9.55. The Morgan fingerprint density at radius 1 is 1.55 bits per heavy atom. The zero-order valence-corrected chi connectivity index (χ0v) is 13.4. The Bertz CT molecular complexity index is 492. The van der Waals surface area contributed by atoms with Crippen LogP contribution in [0.25, 0.3) is 0 Å². The number of aryl methyl sites for hydroxylation is 1. The molecule has 2 rings (SSSR count). The maximum absolute atomic E-state index is 12.4. The molecular formula is C15H20BrNO3. The summed E-state index contributed by atoms with van der Waals surface area (Å²) < 4.78 is 6.31. The topological polar surface area (TPSA) is 49.8 Å². The van der Waals surface area contributed by atoms with Gasteiger partial charge in [0.05, 0.1) is 25.2 Å². The van der Waals surface area contributed by atoms with Crippen LogP contribution in [0, 0.1) is 6.92 Å². The van der Waals surface area contributed by atoms with E-state index < -0.39 is 0 Å². The number of likely N-dealkylation sites (tertiary alicyclic amines) is 1. The van der Waals surface area contributed by atoms with Crippen molar-refractivity contribution in [3.8, 4) is 0 Å². The normalized spacial score (nSPS) is 22.3. The molecule has 0 radical (unpaired) electrons. The molecule has 0 bridgehead atoms. The van der Waals surface area contributed by atoms with E-state index in [1.807, 2.05) is 25.1 Å². The van der Waals surface area contributed by atoms with Crippen molar-refractivity contribution in [1.29, 1.82) is 0 Å². The average molecular weight is 342 g/mol. The predicted octanol–water partition coefficient (Wildman–Crippen LogP) is 1.91. The molecule has 1 amide bonds. The van der Waals surface area contributed by atoms with Gasteiger partial charge in [-0.2, -0.15) is 0 Å². The second-order valence-corrected chi connectivity index (χ2v) is 6.09. The summed E-state index contributed by atoms with van der Waals surface area (Å²) in [5.41, 5.74) is 2.13. The summed E-state index contributed by atoms with van der Waals surface area (Å²) in [6, 6.07) is 5.82. The van der Waals surface area contributed by atoms with Gasteiger partial charge in [-0.3, -0.25) is 4.79 Å². The van der Waals surface area contributed by atoms with Crippen molar-refractivity contribution in [1.82, 2.24) is 4.90 Å². The molecule has 5 heteroatoms. The highest BCUT2D eigenvalue weighted by Gasteiger charge is 2.34. The van der Waals surface area contributed by atoms with Crippen molar-refractivity contribution in [3.63, 3.8) is 0 Å². The number of hydrogen-bond donors (Lipinski definition) is 1. The quantitative estimate of drug-likeness (QED) is 0.909. The van der Waals surface area contributed by atoms with Crippen LogP contribution in [0.2, 0.25) is 0 Å². The van der Waals surface area contributed by atoms with Crippen LogP contribution in [-0.2, 0) is 16.0 Å². The lowest BCUT2D eigenvalue weighted by Crippen LogP contribution is -2.39. The number of aliphatic hydroxyl groups excluding tert-OH is 1. The zero-order valence-electron chi connectivity index (χ0n) is 11.8. The number of ether oxygens (including phenoxy) is 1. The Hall–Kier alpha value is -0.910. The van der Waals surface area contributed by atoms with Crippen molar-refractivity contribution in [2.24, 2.45) is 0 Å². The molecule has 1 aromatic rings. The lowest BCUT2D eigenvalue weighted by atomic mass is 10.1. The van der Waals surface area contributed by atoms with Crippen molar-refractivity contribution < 1.29 is 14.6 Å². The van der Waals surface area contributed by atoms with Gasteiger partial charge in [0.1, 0.15) is 0 Å². The molecular weight excluding hydrogens is 322 g/mol. The zero-order chi connectivity index (χ0) is 14.7. The minimum absolute atomic E-state index is 0.0107. The summed E-state index contributed by atoms with van der Waals surface area (Å²) in [7, 11) is 1.64. The van der Waals surface area contributed by atoms with Gasteiger partial charge in [-0.1, -0.05) is 28.1 Å². The fourth-order valence-electron chi connectivity index (χ4n) is 2.55. The fourth-order valence-corrected chi connectivity index (χ4v) is 2.97. The van der Waals surface area contributed by atoms with Gasteiger partial charge in [0.15, 0.2) is 0 Å². The summed E-state index contributed by atoms with van der Waals surface area (Å²) in [6.07, 6.45) is 1.09. The average Bonchev–Trinajstić information content (AvgIpc) is 2.86. The van der Waals surface area contributed by atoms with Crippen molar-refractivity contribution in [3.05, 3.63) is 33.8 Å². The van der Waals surface area contributed by atoms with E-state index in [1.54, 1.807) is 12.0 Å². The molecule has 1 aliphatic heterocycles. The van der Waals surface area contributed by atoms with Gasteiger partial charge in [-0.05, 0) is 30.5 Å². The fraction of sp³-hybridized carbons (Fsp3) is 0.533. The molecule has 1 aliphatic rings. The molecule has 4 nitrogen and oxygen atoms in total. The Kier molecular flexibility index (Phi) is 5.18. The Morgan fingerprint density at radius 3 is 2.90 bits per heavy atom. The summed E-state index contributed by atoms with van der Waals surface area (Å²) in [5.74, 6) is 0.0411. The van der Waals surface area contributed by atoms with Crippen LogP contribution in [0.15, 0.2) is 22.7 Å². The molecule has 110 valence electrons. The van der Waals surface area contributed by atoms with Gasteiger partial charge in [-0.25, -0.2) is 0 Å². The van der Waals surface area contributed by atoms with Gasteiger partial charge >= 0.3 is 0 Å². The van der Waals surface area contributed by atoms with Crippen LogP contribution in [-0.4, -0.2) is 48.3 Å². The number of nitrogens with zero attached hydrogens (tertiary/aromatic N) is 1. The van der Waals surface area contributed by atoms with Crippen LogP contribution >= 0.6 is 15.9 Å². The summed E-state index contributed by atoms with van der Waals surface area (Å²) >= 11 is 3.48. The first-order valence-corrected chi connectivity index (χ1v) is 7.52. The largest absolute Gasteiger partial charge is 0.394 e. The number of carbonyl (C=O) groups is 1. The van der Waals surface area contributed by atoms with Crippen molar-refractivity contribution in [2.45, 2.75) is 31.9 Å². The van der Waals surface area contributed by atoms with Gasteiger partial charge in [0.25, 0.3) is 0 Å². The smallest absolute Gasteiger partial charge is 0.227 e. The number of carbonyl (C=O) groups excluding carboxylic acids is 1. The van der Waals surface area contributed by atoms with E-state index >= 15 is 0 Å². The van der Waals surface area contributed by atoms with E-state index in [1.165, 1.54) is 0 Å². The standard InChI is InChI=1S/C15H20BrNO3/c1-10-3-4-11(5-14(10)16)6-15(19)17-8-13(20-2)7-12(17)9-18/h3-5,12-13,18H,6-9H2,1-2H3/t12-,13-/m0/s1. The van der Waals surface area contributed by atoms with Gasteiger partial charge in [0.2, 0.25) is 5.91 Å². The minimum Gasteiger partial charge on any atom is -0.394 e. The second kappa shape index (κ2) is 6.70. The first-order valence-electron chi connectivity index (χ1n) is 6.73. The number of hydrogen-bond acceptors (Lipinski definition) is 3. The van der Waals surface area contributed by atoms with E-state index in [0.717, 1.165) is 15.6 Å². The summed E-state index contributed by atoms with van der Waals surface area (Å²) in [5, 5.41) is 9.39. The third-order valence-corrected chi connectivity index (χ3v) is 4.69. The molecule has 20 heavy (non-hydrogen) atoms. The first kappa shape index (κ1) is 15.5. The molecule has 1 saturated heterocycles. The third-order valence-electron chi connectivity index (χ3n) is 3.83. The van der Waals surface area contributed by atoms with E-state index in [0.29, 0.717) is 19.4 Å². The van der Waals surface area contributed by atoms with E-state index in [4.69, 9.17) is 4.74 Å². The highest BCUT2D eigenvalue weighted by Crippen LogP contribution is 2.22. The van der Waals surface area contributed by atoms with Gasteiger partial charge in [0, 0.05) is 18.1 Å². The highest BCUT2D eigenvalue weighted by molar-refractivity contribution is 9.10. The number of methoxy groups -OCH3 is 1. The molecule has 0 aromatic heterocycles. The molecule has 1 aromatic carbocycles. The lowest BCUT2D eigenvalue weighted by Gasteiger charge is -2.22. The number of halogens is 1. The highest BCUT2D eigenvalue weighted by atomic mass is 79.9. The van der Waals surface area contributed by atoms with Crippen LogP contribution in [0.5, 0.6) is 0 Å². The maximum atomic E-state index is 12.4. The molecule has 1 N–H and O–H groups in total. The molecule has 2 atom stereocenters. The van der Waals surface area contributed by atoms with Crippen LogP contribution in [0.1, 0.15) is 17.5 Å². The van der Waals surface area contributed by atoms with Gasteiger partial charge in [-0.15, -0.1) is 0 Å². The number of amides is 1. The molecule has 1 fully saturated rings. The van der Waals surface area contributed by atoms with Crippen LogP contribution < -0.4 is 0 Å². The van der Waals surface area contributed by atoms with Crippen molar-refractivity contribution >= 4 is 21.8 Å². The van der Waals surface area contributed by atoms with Crippen molar-refractivity contribution in [2.75, 3.05) is 20.3 Å². The van der Waals surface area contributed by atoms with Crippen LogP contribution in [0.4, 0.5) is 0 Å².